The number of aliphatic hydroxyl groups is 1. The van der Waals surface area contributed by atoms with Gasteiger partial charge in [0.15, 0.2) is 0 Å². The molecule has 0 spiro atoms. The van der Waals surface area contributed by atoms with E-state index in [0.717, 1.165) is 25.7 Å². The number of rotatable bonds is 7. The number of aliphatic hydroxyl groups excluding tert-OH is 1. The van der Waals surface area contributed by atoms with Crippen LogP contribution in [0, 0.1) is 5.92 Å². The number of unbranched alkanes of at least 4 members (excludes halogenated alkanes) is 1. The van der Waals surface area contributed by atoms with Gasteiger partial charge < -0.3 is 9.84 Å². The molecule has 3 nitrogen and oxygen atoms in total. The second kappa shape index (κ2) is 7.80. The molecule has 0 bridgehead atoms. The largest absolute Gasteiger partial charge is 0.469 e. The standard InChI is InChI=1S/C11H22O3/c1-4-6-8-9(11(13)14-3)10(12)7-5-2/h9-10,12H,4-8H2,1-3H3. The van der Waals surface area contributed by atoms with Crippen LogP contribution in [0.25, 0.3) is 0 Å². The summed E-state index contributed by atoms with van der Waals surface area (Å²) in [6, 6.07) is 0. The van der Waals surface area contributed by atoms with Crippen LogP contribution in [0.1, 0.15) is 46.0 Å². The lowest BCUT2D eigenvalue weighted by Crippen LogP contribution is -2.29. The predicted octanol–water partition coefficient (Wildman–Crippen LogP) is 2.13. The number of carbonyl (C=O) groups is 1. The van der Waals surface area contributed by atoms with Crippen LogP contribution >= 0.6 is 0 Å². The van der Waals surface area contributed by atoms with Crippen molar-refractivity contribution in [3.8, 4) is 0 Å². The van der Waals surface area contributed by atoms with Crippen molar-refractivity contribution in [3.63, 3.8) is 0 Å². The van der Waals surface area contributed by atoms with E-state index < -0.39 is 6.10 Å². The second-order valence-electron chi connectivity index (χ2n) is 3.63. The molecule has 2 unspecified atom stereocenters. The molecule has 84 valence electrons. The fraction of sp³-hybridized carbons (Fsp3) is 0.909. The van der Waals surface area contributed by atoms with Crippen molar-refractivity contribution in [1.29, 1.82) is 0 Å². The minimum absolute atomic E-state index is 0.278. The smallest absolute Gasteiger partial charge is 0.311 e. The van der Waals surface area contributed by atoms with Gasteiger partial charge in [-0.3, -0.25) is 4.79 Å². The molecule has 14 heavy (non-hydrogen) atoms. The minimum atomic E-state index is -0.543. The Balaban J connectivity index is 4.14. The van der Waals surface area contributed by atoms with Crippen molar-refractivity contribution < 1.29 is 14.6 Å². The Morgan fingerprint density at radius 3 is 2.36 bits per heavy atom. The van der Waals surface area contributed by atoms with E-state index in [0.29, 0.717) is 6.42 Å². The van der Waals surface area contributed by atoms with Gasteiger partial charge in [-0.1, -0.05) is 33.1 Å². The molecular formula is C11H22O3. The van der Waals surface area contributed by atoms with Crippen LogP contribution in [0.15, 0.2) is 0 Å². The summed E-state index contributed by atoms with van der Waals surface area (Å²) in [7, 11) is 1.37. The Morgan fingerprint density at radius 1 is 1.29 bits per heavy atom. The zero-order valence-electron chi connectivity index (χ0n) is 9.45. The highest BCUT2D eigenvalue weighted by Crippen LogP contribution is 2.18. The SMILES string of the molecule is CCCCC(C(=O)OC)C(O)CCC. The van der Waals surface area contributed by atoms with Crippen molar-refractivity contribution in [1.82, 2.24) is 0 Å². The summed E-state index contributed by atoms with van der Waals surface area (Å²) in [5.74, 6) is -0.612. The molecule has 0 aromatic carbocycles. The average Bonchev–Trinajstić information content (AvgIpc) is 2.18. The molecule has 3 heteroatoms. The highest BCUT2D eigenvalue weighted by Gasteiger charge is 2.26. The molecule has 0 rings (SSSR count). The molecule has 0 heterocycles. The highest BCUT2D eigenvalue weighted by molar-refractivity contribution is 5.72. The monoisotopic (exact) mass is 202 g/mol. The fourth-order valence-corrected chi connectivity index (χ4v) is 1.54. The molecule has 0 saturated heterocycles. The van der Waals surface area contributed by atoms with Crippen molar-refractivity contribution in [2.24, 2.45) is 5.92 Å². The number of ether oxygens (including phenoxy) is 1. The topological polar surface area (TPSA) is 46.5 Å². The summed E-state index contributed by atoms with van der Waals surface area (Å²) in [6.07, 6.45) is 3.74. The van der Waals surface area contributed by atoms with Gasteiger partial charge in [0, 0.05) is 0 Å². The summed E-state index contributed by atoms with van der Waals surface area (Å²) in [5, 5.41) is 9.74. The number of carbonyl (C=O) groups excluding carboxylic acids is 1. The summed E-state index contributed by atoms with van der Waals surface area (Å²) >= 11 is 0. The number of methoxy groups -OCH3 is 1. The molecular weight excluding hydrogens is 180 g/mol. The summed E-state index contributed by atoms with van der Waals surface area (Å²) in [6.45, 7) is 4.07. The van der Waals surface area contributed by atoms with Gasteiger partial charge in [0.05, 0.1) is 19.1 Å². The highest BCUT2D eigenvalue weighted by atomic mass is 16.5. The zero-order chi connectivity index (χ0) is 11.0. The lowest BCUT2D eigenvalue weighted by molar-refractivity contribution is -0.150. The Kier molecular flexibility index (Phi) is 7.48. The van der Waals surface area contributed by atoms with Gasteiger partial charge in [-0.15, -0.1) is 0 Å². The first-order chi connectivity index (χ1) is 6.67. The molecule has 0 amide bonds. The quantitative estimate of drug-likeness (QED) is 0.643. The first-order valence-electron chi connectivity index (χ1n) is 5.43. The van der Waals surface area contributed by atoms with Crippen LogP contribution in [0.5, 0.6) is 0 Å². The lowest BCUT2D eigenvalue weighted by atomic mass is 9.93. The third-order valence-electron chi connectivity index (χ3n) is 2.42. The summed E-state index contributed by atoms with van der Waals surface area (Å²) in [5.41, 5.74) is 0. The number of hydrogen-bond acceptors (Lipinski definition) is 3. The van der Waals surface area contributed by atoms with E-state index in [-0.39, 0.29) is 11.9 Å². The Labute approximate surface area is 86.5 Å². The maximum atomic E-state index is 11.4. The third kappa shape index (κ3) is 4.61. The molecule has 0 radical (unpaired) electrons. The van der Waals surface area contributed by atoms with Gasteiger partial charge in [0.1, 0.15) is 0 Å². The molecule has 0 saturated carbocycles. The van der Waals surface area contributed by atoms with Gasteiger partial charge in [0.25, 0.3) is 0 Å². The molecule has 0 aliphatic heterocycles. The van der Waals surface area contributed by atoms with Crippen LogP contribution in [0.3, 0.4) is 0 Å². The average molecular weight is 202 g/mol. The summed E-state index contributed by atoms with van der Waals surface area (Å²) < 4.78 is 4.68. The van der Waals surface area contributed by atoms with E-state index in [1.54, 1.807) is 0 Å². The first kappa shape index (κ1) is 13.4. The third-order valence-corrected chi connectivity index (χ3v) is 2.42. The van der Waals surface area contributed by atoms with E-state index in [1.807, 2.05) is 6.92 Å². The van der Waals surface area contributed by atoms with Crippen molar-refractivity contribution >= 4 is 5.97 Å². The van der Waals surface area contributed by atoms with Crippen LogP contribution < -0.4 is 0 Å². The number of esters is 1. The molecule has 1 N–H and O–H groups in total. The molecule has 2 atom stereocenters. The first-order valence-corrected chi connectivity index (χ1v) is 5.43. The van der Waals surface area contributed by atoms with Crippen molar-refractivity contribution in [2.45, 2.75) is 52.1 Å². The molecule has 0 aliphatic carbocycles. The Hall–Kier alpha value is -0.570. The predicted molar refractivity (Wildman–Crippen MR) is 55.9 cm³/mol. The van der Waals surface area contributed by atoms with E-state index >= 15 is 0 Å². The molecule has 0 aliphatic rings. The van der Waals surface area contributed by atoms with E-state index in [4.69, 9.17) is 0 Å². The zero-order valence-corrected chi connectivity index (χ0v) is 9.45. The molecule has 0 fully saturated rings. The van der Waals surface area contributed by atoms with Crippen LogP contribution in [-0.4, -0.2) is 24.3 Å². The van der Waals surface area contributed by atoms with Gasteiger partial charge in [-0.05, 0) is 12.8 Å². The normalized spacial score (nSPS) is 14.9. The van der Waals surface area contributed by atoms with Crippen molar-refractivity contribution in [2.75, 3.05) is 7.11 Å². The van der Waals surface area contributed by atoms with E-state index in [1.165, 1.54) is 7.11 Å². The minimum Gasteiger partial charge on any atom is -0.469 e. The van der Waals surface area contributed by atoms with Crippen LogP contribution in [0.2, 0.25) is 0 Å². The Bertz CT molecular complexity index is 157. The molecule has 0 aromatic heterocycles. The van der Waals surface area contributed by atoms with E-state index in [2.05, 4.69) is 11.7 Å². The Morgan fingerprint density at radius 2 is 1.93 bits per heavy atom. The second-order valence-corrected chi connectivity index (χ2v) is 3.63. The lowest BCUT2D eigenvalue weighted by Gasteiger charge is -2.19. The van der Waals surface area contributed by atoms with Crippen molar-refractivity contribution in [3.05, 3.63) is 0 Å². The van der Waals surface area contributed by atoms with Gasteiger partial charge >= 0.3 is 5.97 Å². The maximum absolute atomic E-state index is 11.4. The maximum Gasteiger partial charge on any atom is 0.311 e. The van der Waals surface area contributed by atoms with Gasteiger partial charge in [-0.2, -0.15) is 0 Å². The van der Waals surface area contributed by atoms with E-state index in [9.17, 15) is 9.90 Å². The fourth-order valence-electron chi connectivity index (χ4n) is 1.54. The van der Waals surface area contributed by atoms with Gasteiger partial charge in [-0.25, -0.2) is 0 Å². The molecule has 0 aromatic rings. The number of hydrogen-bond donors (Lipinski definition) is 1. The van der Waals surface area contributed by atoms with Crippen LogP contribution in [0.4, 0.5) is 0 Å². The van der Waals surface area contributed by atoms with Gasteiger partial charge in [0.2, 0.25) is 0 Å². The summed E-state index contributed by atoms with van der Waals surface area (Å²) in [4.78, 5) is 11.4. The van der Waals surface area contributed by atoms with Crippen LogP contribution in [-0.2, 0) is 9.53 Å².